The summed E-state index contributed by atoms with van der Waals surface area (Å²) in [5.74, 6) is -0.714. The third-order valence-corrected chi connectivity index (χ3v) is 6.68. The molecule has 35 heavy (non-hydrogen) atoms. The standard InChI is InChI=1S/C27H20I2N2O4/c28-20-7-3-18(4-8-20)26(34)30-22-11-1-16(14-24(22)32)13-17-2-12-23(25(33)15-17)31-27(35)19-5-9-21(29)10-6-19/h1-12,14-15,32-33H,13H2,(H,30,34)(H,31,35). The summed E-state index contributed by atoms with van der Waals surface area (Å²) >= 11 is 4.33. The number of hydrogen-bond acceptors (Lipinski definition) is 4. The Bertz CT molecular complexity index is 1280. The van der Waals surface area contributed by atoms with Crippen molar-refractivity contribution < 1.29 is 19.8 Å². The Balaban J connectivity index is 1.41. The van der Waals surface area contributed by atoms with E-state index in [0.29, 0.717) is 28.9 Å². The zero-order chi connectivity index (χ0) is 24.9. The Hall–Kier alpha value is -3.12. The molecule has 4 aromatic carbocycles. The van der Waals surface area contributed by atoms with Gasteiger partial charge in [0.05, 0.1) is 11.4 Å². The highest BCUT2D eigenvalue weighted by Crippen LogP contribution is 2.29. The largest absolute Gasteiger partial charge is 0.506 e. The van der Waals surface area contributed by atoms with Gasteiger partial charge in [0.25, 0.3) is 11.8 Å². The third-order valence-electron chi connectivity index (χ3n) is 5.24. The monoisotopic (exact) mass is 690 g/mol. The summed E-state index contributed by atoms with van der Waals surface area (Å²) in [6, 6.07) is 24.3. The van der Waals surface area contributed by atoms with Crippen molar-refractivity contribution in [2.45, 2.75) is 6.42 Å². The number of carbonyl (C=O) groups is 2. The Morgan fingerprint density at radius 1 is 0.600 bits per heavy atom. The molecule has 0 atom stereocenters. The van der Waals surface area contributed by atoms with Crippen LogP contribution in [0.4, 0.5) is 11.4 Å². The fourth-order valence-electron chi connectivity index (χ4n) is 3.41. The molecule has 0 radical (unpaired) electrons. The van der Waals surface area contributed by atoms with E-state index in [2.05, 4.69) is 55.8 Å². The number of hydrogen-bond donors (Lipinski definition) is 4. The molecule has 4 aromatic rings. The van der Waals surface area contributed by atoms with E-state index in [1.54, 1.807) is 60.7 Å². The molecule has 0 spiro atoms. The van der Waals surface area contributed by atoms with E-state index in [9.17, 15) is 19.8 Å². The highest BCUT2D eigenvalue weighted by molar-refractivity contribution is 14.1. The first kappa shape index (κ1) is 25.0. The van der Waals surface area contributed by atoms with Crippen molar-refractivity contribution in [1.82, 2.24) is 0 Å². The van der Waals surface area contributed by atoms with Crippen molar-refractivity contribution in [3.05, 3.63) is 114 Å². The summed E-state index contributed by atoms with van der Waals surface area (Å²) in [6.07, 6.45) is 0.442. The van der Waals surface area contributed by atoms with Gasteiger partial charge in [-0.05, 0) is 136 Å². The molecule has 6 nitrogen and oxygen atoms in total. The van der Waals surface area contributed by atoms with Gasteiger partial charge < -0.3 is 20.8 Å². The summed E-state index contributed by atoms with van der Waals surface area (Å²) in [5.41, 5.74) is 3.22. The molecule has 8 heteroatoms. The number of nitrogens with one attached hydrogen (secondary N) is 2. The van der Waals surface area contributed by atoms with Gasteiger partial charge in [-0.15, -0.1) is 0 Å². The first-order valence-corrected chi connectivity index (χ1v) is 12.7. The quantitative estimate of drug-likeness (QED) is 0.139. The van der Waals surface area contributed by atoms with Gasteiger partial charge in [-0.1, -0.05) is 12.1 Å². The molecule has 0 aromatic heterocycles. The lowest BCUT2D eigenvalue weighted by molar-refractivity contribution is 0.101. The normalized spacial score (nSPS) is 10.6. The van der Waals surface area contributed by atoms with Crippen molar-refractivity contribution in [3.63, 3.8) is 0 Å². The molecular weight excluding hydrogens is 670 g/mol. The Morgan fingerprint density at radius 3 is 1.31 bits per heavy atom. The van der Waals surface area contributed by atoms with Gasteiger partial charge in [0, 0.05) is 18.3 Å². The maximum absolute atomic E-state index is 12.4. The molecule has 0 fully saturated rings. The van der Waals surface area contributed by atoms with Crippen LogP contribution in [-0.2, 0) is 6.42 Å². The van der Waals surface area contributed by atoms with Crippen LogP contribution in [0, 0.1) is 7.14 Å². The number of carbonyl (C=O) groups excluding carboxylic acids is 2. The smallest absolute Gasteiger partial charge is 0.255 e. The van der Waals surface area contributed by atoms with E-state index >= 15 is 0 Å². The van der Waals surface area contributed by atoms with Crippen LogP contribution in [-0.4, -0.2) is 22.0 Å². The Kier molecular flexibility index (Phi) is 7.91. The number of anilines is 2. The van der Waals surface area contributed by atoms with Gasteiger partial charge >= 0.3 is 0 Å². The van der Waals surface area contributed by atoms with Gasteiger partial charge in [0.2, 0.25) is 0 Å². The van der Waals surface area contributed by atoms with E-state index in [-0.39, 0.29) is 23.3 Å². The zero-order valence-electron chi connectivity index (χ0n) is 18.3. The molecule has 0 aliphatic rings. The maximum Gasteiger partial charge on any atom is 0.255 e. The second-order valence-corrected chi connectivity index (χ2v) is 10.3. The molecule has 0 saturated heterocycles. The molecule has 2 amide bonds. The van der Waals surface area contributed by atoms with Gasteiger partial charge in [-0.25, -0.2) is 0 Å². The van der Waals surface area contributed by atoms with Crippen LogP contribution in [0.1, 0.15) is 31.8 Å². The van der Waals surface area contributed by atoms with Crippen LogP contribution in [0.2, 0.25) is 0 Å². The van der Waals surface area contributed by atoms with Crippen molar-refractivity contribution in [2.75, 3.05) is 10.6 Å². The minimum absolute atomic E-state index is 0.0491. The summed E-state index contributed by atoms with van der Waals surface area (Å²) in [5, 5.41) is 26.3. The van der Waals surface area contributed by atoms with E-state index < -0.39 is 0 Å². The highest BCUT2D eigenvalue weighted by Gasteiger charge is 2.12. The van der Waals surface area contributed by atoms with Gasteiger partial charge in [-0.2, -0.15) is 0 Å². The van der Waals surface area contributed by atoms with Crippen molar-refractivity contribution in [1.29, 1.82) is 0 Å². The van der Waals surface area contributed by atoms with E-state index in [0.717, 1.165) is 18.3 Å². The average molecular weight is 690 g/mol. The minimum Gasteiger partial charge on any atom is -0.506 e. The molecular formula is C27H20I2N2O4. The lowest BCUT2D eigenvalue weighted by atomic mass is 10.0. The van der Waals surface area contributed by atoms with Crippen molar-refractivity contribution >= 4 is 68.4 Å². The van der Waals surface area contributed by atoms with Crippen LogP contribution >= 0.6 is 45.2 Å². The molecule has 176 valence electrons. The summed E-state index contributed by atoms with van der Waals surface area (Å²) < 4.78 is 2.05. The van der Waals surface area contributed by atoms with E-state index in [4.69, 9.17) is 0 Å². The third kappa shape index (κ3) is 6.51. The van der Waals surface area contributed by atoms with Crippen LogP contribution in [0.3, 0.4) is 0 Å². The first-order valence-electron chi connectivity index (χ1n) is 10.6. The average Bonchev–Trinajstić information content (AvgIpc) is 2.83. The zero-order valence-corrected chi connectivity index (χ0v) is 22.6. The maximum atomic E-state index is 12.4. The topological polar surface area (TPSA) is 98.7 Å². The van der Waals surface area contributed by atoms with Gasteiger partial charge in [0.15, 0.2) is 0 Å². The van der Waals surface area contributed by atoms with E-state index in [1.807, 2.05) is 24.3 Å². The fraction of sp³-hybridized carbons (Fsp3) is 0.0370. The first-order chi connectivity index (χ1) is 16.8. The van der Waals surface area contributed by atoms with Crippen LogP contribution in [0.5, 0.6) is 11.5 Å². The molecule has 0 aliphatic carbocycles. The second kappa shape index (κ2) is 11.1. The molecule has 0 aliphatic heterocycles. The van der Waals surface area contributed by atoms with Crippen LogP contribution < -0.4 is 10.6 Å². The van der Waals surface area contributed by atoms with Crippen LogP contribution in [0.15, 0.2) is 84.9 Å². The summed E-state index contributed by atoms with van der Waals surface area (Å²) in [6.45, 7) is 0. The number of rotatable bonds is 6. The molecule has 0 bridgehead atoms. The predicted octanol–water partition coefficient (Wildman–Crippen LogP) is 6.40. The Morgan fingerprint density at radius 2 is 0.971 bits per heavy atom. The number of amides is 2. The molecule has 4 N–H and O–H groups in total. The summed E-state index contributed by atoms with van der Waals surface area (Å²) in [7, 11) is 0. The van der Waals surface area contributed by atoms with Crippen LogP contribution in [0.25, 0.3) is 0 Å². The predicted molar refractivity (Wildman–Crippen MR) is 153 cm³/mol. The number of phenolic OH excluding ortho intramolecular Hbond substituents is 2. The molecule has 0 saturated carbocycles. The molecule has 4 rings (SSSR count). The number of halogens is 2. The number of phenols is 2. The van der Waals surface area contributed by atoms with Gasteiger partial charge in [0.1, 0.15) is 11.5 Å². The minimum atomic E-state index is -0.308. The lowest BCUT2D eigenvalue weighted by Gasteiger charge is -2.11. The molecule has 0 unspecified atom stereocenters. The number of aromatic hydroxyl groups is 2. The van der Waals surface area contributed by atoms with Crippen molar-refractivity contribution in [2.24, 2.45) is 0 Å². The lowest BCUT2D eigenvalue weighted by Crippen LogP contribution is -2.12. The fourth-order valence-corrected chi connectivity index (χ4v) is 4.13. The summed E-state index contributed by atoms with van der Waals surface area (Å²) in [4.78, 5) is 24.8. The Labute approximate surface area is 229 Å². The van der Waals surface area contributed by atoms with Gasteiger partial charge in [-0.3, -0.25) is 9.59 Å². The SMILES string of the molecule is O=C(Nc1ccc(Cc2ccc(NC(=O)c3ccc(I)cc3)c(O)c2)cc1O)c1ccc(I)cc1. The van der Waals surface area contributed by atoms with E-state index in [1.165, 1.54) is 0 Å². The highest BCUT2D eigenvalue weighted by atomic mass is 127. The molecule has 0 heterocycles. The number of benzene rings is 4. The van der Waals surface area contributed by atoms with Crippen molar-refractivity contribution in [3.8, 4) is 11.5 Å². The second-order valence-electron chi connectivity index (χ2n) is 7.80.